The van der Waals surface area contributed by atoms with Crippen LogP contribution in [0.4, 0.5) is 5.69 Å². The lowest BCUT2D eigenvalue weighted by Gasteiger charge is -2.28. The predicted octanol–water partition coefficient (Wildman–Crippen LogP) is 3.74. The summed E-state index contributed by atoms with van der Waals surface area (Å²) in [6.07, 6.45) is 6.35. The molecule has 2 aliphatic heterocycles. The van der Waals surface area contributed by atoms with Crippen LogP contribution < -0.4 is 4.90 Å². The number of fused-ring (bicyclic) bond motifs is 1. The smallest absolute Gasteiger partial charge is 0.253 e. The van der Waals surface area contributed by atoms with Crippen LogP contribution in [-0.2, 0) is 11.3 Å². The van der Waals surface area contributed by atoms with Crippen molar-refractivity contribution in [2.75, 3.05) is 23.7 Å². The summed E-state index contributed by atoms with van der Waals surface area (Å²) in [5.74, 6) is 0.615. The van der Waals surface area contributed by atoms with E-state index < -0.39 is 0 Å². The zero-order chi connectivity index (χ0) is 18.6. The van der Waals surface area contributed by atoms with Crippen molar-refractivity contribution >= 4 is 29.3 Å². The average molecular weight is 382 g/mol. The van der Waals surface area contributed by atoms with Crippen molar-refractivity contribution in [1.82, 2.24) is 9.88 Å². The minimum absolute atomic E-state index is 0.0882. The fourth-order valence-electron chi connectivity index (χ4n) is 3.61. The molecule has 2 aromatic rings. The third-order valence-electron chi connectivity index (χ3n) is 5.11. The second-order valence-electron chi connectivity index (χ2n) is 7.00. The van der Waals surface area contributed by atoms with Gasteiger partial charge in [-0.25, -0.2) is 4.98 Å². The molecule has 1 aromatic carbocycles. The first-order valence-corrected chi connectivity index (χ1v) is 10.5. The first kappa shape index (κ1) is 18.0. The van der Waals surface area contributed by atoms with Crippen LogP contribution in [0.25, 0.3) is 0 Å². The number of amides is 2. The number of likely N-dealkylation sites (tertiary alicyclic amines) is 1. The first-order valence-electron chi connectivity index (χ1n) is 9.49. The van der Waals surface area contributed by atoms with E-state index in [-0.39, 0.29) is 11.8 Å². The van der Waals surface area contributed by atoms with Gasteiger partial charge in [0.15, 0.2) is 0 Å². The molecule has 3 heterocycles. The number of aromatic nitrogens is 1. The maximum atomic E-state index is 12.7. The van der Waals surface area contributed by atoms with Crippen LogP contribution >= 0.6 is 11.8 Å². The summed E-state index contributed by atoms with van der Waals surface area (Å²) < 4.78 is 0. The molecule has 2 aliphatic rings. The highest BCUT2D eigenvalue weighted by atomic mass is 32.2. The number of nitrogens with zero attached hydrogens (tertiary/aromatic N) is 3. The van der Waals surface area contributed by atoms with Crippen LogP contribution in [-0.4, -0.2) is 40.5 Å². The minimum atomic E-state index is 0.0882. The summed E-state index contributed by atoms with van der Waals surface area (Å²) in [6, 6.07) is 11.5. The molecule has 1 saturated heterocycles. The Balaban J connectivity index is 1.48. The summed E-state index contributed by atoms with van der Waals surface area (Å²) in [5.41, 5.74) is 2.60. The number of pyridine rings is 1. The van der Waals surface area contributed by atoms with Crippen molar-refractivity contribution in [2.45, 2.75) is 37.3 Å². The second kappa shape index (κ2) is 8.13. The summed E-state index contributed by atoms with van der Waals surface area (Å²) in [7, 11) is 0. The number of thioether (sulfide) groups is 1. The molecule has 0 saturated carbocycles. The van der Waals surface area contributed by atoms with Gasteiger partial charge >= 0.3 is 0 Å². The number of benzene rings is 1. The van der Waals surface area contributed by atoms with Crippen molar-refractivity contribution in [1.29, 1.82) is 0 Å². The second-order valence-corrected chi connectivity index (χ2v) is 7.96. The first-order chi connectivity index (χ1) is 13.2. The van der Waals surface area contributed by atoms with Crippen LogP contribution in [0.2, 0.25) is 0 Å². The quantitative estimate of drug-likeness (QED) is 0.813. The van der Waals surface area contributed by atoms with Crippen molar-refractivity contribution in [2.24, 2.45) is 0 Å². The Labute approximate surface area is 163 Å². The summed E-state index contributed by atoms with van der Waals surface area (Å²) in [5, 5.41) is 0.894. The standard InChI is InChI=1S/C21H23N3O2S/c25-19-15-27-20-18(6-5-11-22-20)24(19)14-16-7-9-17(10-8-16)21(26)23-12-3-1-2-4-13-23/h5-11H,1-4,12-15H2. The Kier molecular flexibility index (Phi) is 5.43. The van der Waals surface area contributed by atoms with Gasteiger partial charge in [-0.05, 0) is 42.7 Å². The molecule has 0 aliphatic carbocycles. The van der Waals surface area contributed by atoms with E-state index in [1.54, 1.807) is 11.1 Å². The van der Waals surface area contributed by atoms with Crippen molar-refractivity contribution in [3.63, 3.8) is 0 Å². The van der Waals surface area contributed by atoms with E-state index in [0.717, 1.165) is 47.8 Å². The minimum Gasteiger partial charge on any atom is -0.339 e. The van der Waals surface area contributed by atoms with E-state index in [0.29, 0.717) is 12.3 Å². The van der Waals surface area contributed by atoms with Crippen LogP contribution in [0.5, 0.6) is 0 Å². The fraction of sp³-hybridized carbons (Fsp3) is 0.381. The van der Waals surface area contributed by atoms with Gasteiger partial charge < -0.3 is 9.80 Å². The zero-order valence-electron chi connectivity index (χ0n) is 15.3. The molecule has 2 amide bonds. The third-order valence-corrected chi connectivity index (χ3v) is 6.09. The highest BCUT2D eigenvalue weighted by molar-refractivity contribution is 8.00. The molecule has 6 heteroatoms. The Morgan fingerprint density at radius 3 is 2.52 bits per heavy atom. The molecule has 0 unspecified atom stereocenters. The van der Waals surface area contributed by atoms with Crippen LogP contribution in [0.3, 0.4) is 0 Å². The van der Waals surface area contributed by atoms with Gasteiger partial charge in [0.25, 0.3) is 5.91 Å². The van der Waals surface area contributed by atoms with Gasteiger partial charge in [0.2, 0.25) is 5.91 Å². The van der Waals surface area contributed by atoms with Gasteiger partial charge in [-0.1, -0.05) is 36.7 Å². The number of hydrogen-bond acceptors (Lipinski definition) is 4. The topological polar surface area (TPSA) is 53.5 Å². The van der Waals surface area contributed by atoms with Gasteiger partial charge in [0.1, 0.15) is 5.03 Å². The number of rotatable bonds is 3. The molecule has 0 bridgehead atoms. The molecule has 4 rings (SSSR count). The van der Waals surface area contributed by atoms with Crippen LogP contribution in [0, 0.1) is 0 Å². The van der Waals surface area contributed by atoms with Crippen molar-refractivity contribution < 1.29 is 9.59 Å². The largest absolute Gasteiger partial charge is 0.339 e. The molecule has 1 aromatic heterocycles. The van der Waals surface area contributed by atoms with E-state index >= 15 is 0 Å². The summed E-state index contributed by atoms with van der Waals surface area (Å²) in [4.78, 5) is 33.2. The van der Waals surface area contributed by atoms with Gasteiger partial charge in [0.05, 0.1) is 18.0 Å². The highest BCUT2D eigenvalue weighted by Gasteiger charge is 2.25. The van der Waals surface area contributed by atoms with Gasteiger partial charge in [-0.2, -0.15) is 0 Å². The molecular weight excluding hydrogens is 358 g/mol. The Hall–Kier alpha value is -2.34. The van der Waals surface area contributed by atoms with Crippen molar-refractivity contribution in [3.8, 4) is 0 Å². The van der Waals surface area contributed by atoms with Crippen LogP contribution in [0.15, 0.2) is 47.6 Å². The molecule has 0 spiro atoms. The monoisotopic (exact) mass is 381 g/mol. The fourth-order valence-corrected chi connectivity index (χ4v) is 4.48. The molecule has 5 nitrogen and oxygen atoms in total. The Morgan fingerprint density at radius 2 is 1.78 bits per heavy atom. The average Bonchev–Trinajstić information content (AvgIpc) is 3.00. The van der Waals surface area contributed by atoms with Gasteiger partial charge in [0, 0.05) is 24.8 Å². The predicted molar refractivity (Wildman–Crippen MR) is 107 cm³/mol. The summed E-state index contributed by atoms with van der Waals surface area (Å²) in [6.45, 7) is 2.20. The van der Waals surface area contributed by atoms with Gasteiger partial charge in [-0.3, -0.25) is 9.59 Å². The lowest BCUT2D eigenvalue weighted by atomic mass is 10.1. The molecule has 140 valence electrons. The third kappa shape index (κ3) is 4.00. The van der Waals surface area contributed by atoms with E-state index in [4.69, 9.17) is 0 Å². The van der Waals surface area contributed by atoms with Crippen LogP contribution in [0.1, 0.15) is 41.6 Å². The lowest BCUT2D eigenvalue weighted by Crippen LogP contribution is -2.35. The summed E-state index contributed by atoms with van der Waals surface area (Å²) >= 11 is 1.48. The van der Waals surface area contributed by atoms with E-state index in [1.807, 2.05) is 41.3 Å². The number of hydrogen-bond donors (Lipinski definition) is 0. The normalized spacial score (nSPS) is 17.4. The Morgan fingerprint density at radius 1 is 1.04 bits per heavy atom. The number of carbonyl (C=O) groups excluding carboxylic acids is 2. The Bertz CT molecular complexity index is 830. The number of anilines is 1. The molecular formula is C21H23N3O2S. The van der Waals surface area contributed by atoms with E-state index in [2.05, 4.69) is 4.98 Å². The maximum Gasteiger partial charge on any atom is 0.253 e. The number of carbonyl (C=O) groups is 2. The molecule has 0 radical (unpaired) electrons. The molecule has 0 atom stereocenters. The van der Waals surface area contributed by atoms with E-state index in [9.17, 15) is 9.59 Å². The zero-order valence-corrected chi connectivity index (χ0v) is 16.1. The molecule has 27 heavy (non-hydrogen) atoms. The van der Waals surface area contributed by atoms with Gasteiger partial charge in [-0.15, -0.1) is 0 Å². The maximum absolute atomic E-state index is 12.7. The SMILES string of the molecule is O=C(c1ccc(CN2C(=O)CSc3ncccc32)cc1)N1CCCCCC1. The lowest BCUT2D eigenvalue weighted by molar-refractivity contribution is -0.116. The van der Waals surface area contributed by atoms with Crippen molar-refractivity contribution in [3.05, 3.63) is 53.7 Å². The van der Waals surface area contributed by atoms with E-state index in [1.165, 1.54) is 24.6 Å². The molecule has 0 N–H and O–H groups in total. The molecule has 1 fully saturated rings. The highest BCUT2D eigenvalue weighted by Crippen LogP contribution is 2.34.